The number of aromatic nitrogens is 1. The zero-order chi connectivity index (χ0) is 19.5. The van der Waals surface area contributed by atoms with Crippen LogP contribution in [0.4, 0.5) is 0 Å². The van der Waals surface area contributed by atoms with Crippen molar-refractivity contribution in [3.63, 3.8) is 0 Å². The predicted octanol–water partition coefficient (Wildman–Crippen LogP) is 4.22. The van der Waals surface area contributed by atoms with Crippen LogP contribution in [0.15, 0.2) is 60.8 Å². The van der Waals surface area contributed by atoms with Crippen LogP contribution >= 0.6 is 7.52 Å². The molecule has 0 saturated heterocycles. The van der Waals surface area contributed by atoms with Gasteiger partial charge in [0.1, 0.15) is 0 Å². The number of rotatable bonds is 8. The van der Waals surface area contributed by atoms with E-state index in [9.17, 15) is 14.3 Å². The first-order valence-electron chi connectivity index (χ1n) is 8.73. The highest BCUT2D eigenvalue weighted by molar-refractivity contribution is 7.55. The van der Waals surface area contributed by atoms with E-state index in [0.29, 0.717) is 0 Å². The number of carboxylic acids is 1. The molecule has 4 N–H and O–H groups in total. The van der Waals surface area contributed by atoms with E-state index in [2.05, 4.69) is 10.1 Å². The van der Waals surface area contributed by atoms with Crippen LogP contribution < -0.4 is 5.09 Å². The Morgan fingerprint density at radius 2 is 1.81 bits per heavy atom. The van der Waals surface area contributed by atoms with Gasteiger partial charge >= 0.3 is 5.97 Å². The topological polar surface area (TPSA) is 102 Å². The molecule has 3 aromatic rings. The molecule has 2 atom stereocenters. The highest BCUT2D eigenvalue weighted by Crippen LogP contribution is 2.46. The van der Waals surface area contributed by atoms with E-state index in [4.69, 9.17) is 5.11 Å². The third-order valence-electron chi connectivity index (χ3n) is 4.68. The fraction of sp³-hybridized carbons (Fsp3) is 0.250. The number of carboxylic acid groups (broad SMARTS) is 1. The van der Waals surface area contributed by atoms with Gasteiger partial charge in [-0.05, 0) is 30.5 Å². The van der Waals surface area contributed by atoms with E-state index in [1.165, 1.54) is 0 Å². The Labute approximate surface area is 157 Å². The van der Waals surface area contributed by atoms with E-state index in [-0.39, 0.29) is 19.0 Å². The molecule has 1 heterocycles. The molecule has 2 unspecified atom stereocenters. The van der Waals surface area contributed by atoms with Crippen molar-refractivity contribution in [2.75, 3.05) is 0 Å². The Morgan fingerprint density at radius 3 is 2.52 bits per heavy atom. The molecule has 7 heteroatoms. The normalized spacial score (nSPS) is 15.9. The number of hydrogen-bond donors (Lipinski definition) is 4. The third-order valence-corrected chi connectivity index (χ3v) is 6.32. The molecule has 6 nitrogen and oxygen atoms in total. The molecule has 0 aliphatic rings. The van der Waals surface area contributed by atoms with Crippen LogP contribution in [0.2, 0.25) is 0 Å². The van der Waals surface area contributed by atoms with Crippen LogP contribution in [0.25, 0.3) is 10.9 Å². The van der Waals surface area contributed by atoms with Crippen molar-refractivity contribution in [1.29, 1.82) is 0 Å². The number of aromatic amines is 1. The Bertz CT molecular complexity index is 986. The van der Waals surface area contributed by atoms with Crippen molar-refractivity contribution in [2.45, 2.75) is 31.5 Å². The summed E-state index contributed by atoms with van der Waals surface area (Å²) in [6.07, 6.45) is 1.82. The summed E-state index contributed by atoms with van der Waals surface area (Å²) in [5.74, 6) is -0.946. The van der Waals surface area contributed by atoms with Crippen LogP contribution in [0.5, 0.6) is 0 Å². The summed E-state index contributed by atoms with van der Waals surface area (Å²) >= 11 is 0. The minimum atomic E-state index is -3.77. The van der Waals surface area contributed by atoms with Gasteiger partial charge in [-0.15, -0.1) is 0 Å². The molecule has 0 radical (unpaired) electrons. The third kappa shape index (κ3) is 4.66. The lowest BCUT2D eigenvalue weighted by atomic mass is 9.88. The number of benzene rings is 2. The summed E-state index contributed by atoms with van der Waals surface area (Å²) in [7, 11) is -3.77. The number of fused-ring (bicyclic) bond motifs is 1. The van der Waals surface area contributed by atoms with Gasteiger partial charge < -0.3 is 15.0 Å². The quantitative estimate of drug-likeness (QED) is 0.434. The summed E-state index contributed by atoms with van der Waals surface area (Å²) in [6, 6.07) is 16.7. The van der Waals surface area contributed by atoms with Gasteiger partial charge in [-0.3, -0.25) is 9.36 Å². The first kappa shape index (κ1) is 19.4. The molecular formula is C20H23N2O4P. The summed E-state index contributed by atoms with van der Waals surface area (Å²) in [5.41, 5.74) is 1.44. The molecule has 0 bridgehead atoms. The van der Waals surface area contributed by atoms with E-state index < -0.39 is 19.0 Å². The summed E-state index contributed by atoms with van der Waals surface area (Å²) in [5, 5.41) is 13.0. The highest BCUT2D eigenvalue weighted by Gasteiger charge is 2.36. The minimum Gasteiger partial charge on any atom is -0.481 e. The van der Waals surface area contributed by atoms with Crippen molar-refractivity contribution in [3.05, 3.63) is 71.9 Å². The van der Waals surface area contributed by atoms with Gasteiger partial charge in [0.25, 0.3) is 7.52 Å². The van der Waals surface area contributed by atoms with E-state index in [1.807, 2.05) is 42.5 Å². The van der Waals surface area contributed by atoms with Gasteiger partial charge in [0.15, 0.2) is 0 Å². The lowest BCUT2D eigenvalue weighted by Gasteiger charge is -2.33. The fourth-order valence-corrected chi connectivity index (χ4v) is 5.18. The van der Waals surface area contributed by atoms with Crippen molar-refractivity contribution in [1.82, 2.24) is 10.1 Å². The lowest BCUT2D eigenvalue weighted by Crippen LogP contribution is -2.38. The largest absolute Gasteiger partial charge is 0.481 e. The maximum absolute atomic E-state index is 13.0. The molecule has 0 saturated carbocycles. The molecule has 27 heavy (non-hydrogen) atoms. The number of carbonyl (C=O) groups is 1. The smallest absolute Gasteiger partial charge is 0.303 e. The molecular weight excluding hydrogens is 363 g/mol. The Morgan fingerprint density at radius 1 is 1.15 bits per heavy atom. The van der Waals surface area contributed by atoms with Gasteiger partial charge in [0, 0.05) is 23.5 Å². The van der Waals surface area contributed by atoms with E-state index >= 15 is 0 Å². The average molecular weight is 386 g/mol. The molecule has 1 aromatic heterocycles. The van der Waals surface area contributed by atoms with Crippen molar-refractivity contribution in [3.8, 4) is 0 Å². The molecule has 0 amide bonds. The summed E-state index contributed by atoms with van der Waals surface area (Å²) in [4.78, 5) is 25.0. The second kappa shape index (κ2) is 7.69. The van der Waals surface area contributed by atoms with Gasteiger partial charge in [0.2, 0.25) is 0 Å². The molecule has 3 rings (SSSR count). The minimum absolute atomic E-state index is 0.0289. The van der Waals surface area contributed by atoms with Crippen LogP contribution in [0.1, 0.15) is 30.9 Å². The Hall–Kier alpha value is -2.40. The Kier molecular flexibility index (Phi) is 5.51. The first-order valence-corrected chi connectivity index (χ1v) is 10.6. The number of aliphatic carboxylic acids is 1. The molecule has 0 aliphatic carbocycles. The standard InChI is InChI=1S/C20H23N2O4P/c1-20(12-11-19(23)24,17-13-21-18-10-6-5-9-16(17)18)22-27(25,26)14-15-7-3-2-4-8-15/h2-10,13,21H,11-12,14H2,1H3,(H,23,24)(H2,22,25,26). The molecule has 2 aromatic carbocycles. The zero-order valence-electron chi connectivity index (χ0n) is 15.1. The monoisotopic (exact) mass is 386 g/mol. The van der Waals surface area contributed by atoms with Crippen molar-refractivity contribution < 1.29 is 19.4 Å². The SMILES string of the molecule is CC(CCC(=O)O)(NP(=O)(O)Cc1ccccc1)c1c[nH]c2ccccc12. The second-order valence-electron chi connectivity index (χ2n) is 6.93. The van der Waals surface area contributed by atoms with Crippen molar-refractivity contribution in [2.24, 2.45) is 0 Å². The molecule has 0 fully saturated rings. The zero-order valence-corrected chi connectivity index (χ0v) is 15.9. The van der Waals surface area contributed by atoms with E-state index in [0.717, 1.165) is 22.0 Å². The van der Waals surface area contributed by atoms with Gasteiger partial charge in [-0.2, -0.15) is 0 Å². The number of nitrogens with one attached hydrogen (secondary N) is 2. The molecule has 0 spiro atoms. The number of para-hydroxylation sites is 1. The lowest BCUT2D eigenvalue weighted by molar-refractivity contribution is -0.137. The van der Waals surface area contributed by atoms with Crippen LogP contribution in [0, 0.1) is 0 Å². The maximum atomic E-state index is 13.0. The number of hydrogen-bond acceptors (Lipinski definition) is 2. The van der Waals surface area contributed by atoms with Crippen LogP contribution in [-0.2, 0) is 21.1 Å². The second-order valence-corrected chi connectivity index (χ2v) is 8.87. The van der Waals surface area contributed by atoms with Gasteiger partial charge in [-0.1, -0.05) is 48.5 Å². The van der Waals surface area contributed by atoms with Crippen LogP contribution in [-0.4, -0.2) is 21.0 Å². The maximum Gasteiger partial charge on any atom is 0.303 e. The van der Waals surface area contributed by atoms with Crippen LogP contribution in [0.3, 0.4) is 0 Å². The number of H-pyrrole nitrogens is 1. The molecule has 0 aliphatic heterocycles. The Balaban J connectivity index is 1.95. The summed E-state index contributed by atoms with van der Waals surface area (Å²) in [6.45, 7) is 1.78. The van der Waals surface area contributed by atoms with Gasteiger partial charge in [-0.25, -0.2) is 5.09 Å². The highest BCUT2D eigenvalue weighted by atomic mass is 31.2. The molecule has 142 valence electrons. The van der Waals surface area contributed by atoms with Gasteiger partial charge in [0.05, 0.1) is 11.7 Å². The first-order chi connectivity index (χ1) is 12.8. The average Bonchev–Trinajstić information content (AvgIpc) is 3.05. The van der Waals surface area contributed by atoms with Crippen molar-refractivity contribution >= 4 is 24.4 Å². The fourth-order valence-electron chi connectivity index (χ4n) is 3.39. The predicted molar refractivity (Wildman–Crippen MR) is 106 cm³/mol. The summed E-state index contributed by atoms with van der Waals surface area (Å²) < 4.78 is 13.0. The van der Waals surface area contributed by atoms with E-state index in [1.54, 1.807) is 25.3 Å².